The molecular formula is C16H19NOS. The zero-order valence-corrected chi connectivity index (χ0v) is 12.4. The third kappa shape index (κ3) is 3.67. The third-order valence-electron chi connectivity index (χ3n) is 3.23. The second-order valence-corrected chi connectivity index (χ2v) is 5.99. The molecule has 1 aromatic carbocycles. The number of thiophene rings is 1. The maximum Gasteiger partial charge on any atom is 0.251 e. The van der Waals surface area contributed by atoms with Gasteiger partial charge in [0.25, 0.3) is 5.91 Å². The number of amides is 1. The lowest BCUT2D eigenvalue weighted by molar-refractivity contribution is 0.0940. The Hall–Kier alpha value is -1.61. The fraction of sp³-hybridized carbons (Fsp3) is 0.312. The fourth-order valence-electron chi connectivity index (χ4n) is 1.97. The molecule has 1 atom stereocenters. The Morgan fingerprint density at radius 2 is 2.05 bits per heavy atom. The van der Waals surface area contributed by atoms with Crippen molar-refractivity contribution in [2.24, 2.45) is 0 Å². The highest BCUT2D eigenvalue weighted by atomic mass is 32.1. The van der Waals surface area contributed by atoms with E-state index >= 15 is 0 Å². The maximum atomic E-state index is 12.1. The summed E-state index contributed by atoms with van der Waals surface area (Å²) in [6.07, 6.45) is 0.883. The van der Waals surface area contributed by atoms with Crippen molar-refractivity contribution >= 4 is 17.2 Å². The summed E-state index contributed by atoms with van der Waals surface area (Å²) in [5.74, 6) is 0.00663. The molecule has 0 saturated heterocycles. The van der Waals surface area contributed by atoms with Gasteiger partial charge in [-0.15, -0.1) is 11.3 Å². The Balaban J connectivity index is 1.98. The smallest absolute Gasteiger partial charge is 0.251 e. The zero-order valence-electron chi connectivity index (χ0n) is 11.6. The summed E-state index contributed by atoms with van der Waals surface area (Å²) >= 11 is 1.73. The number of hydrogen-bond acceptors (Lipinski definition) is 2. The molecule has 0 bridgehead atoms. The SMILES string of the molecule is Cc1ccc(C(=O)NC(C)Cc2cccs2)cc1C. The van der Waals surface area contributed by atoms with Crippen LogP contribution in [0.15, 0.2) is 35.7 Å². The third-order valence-corrected chi connectivity index (χ3v) is 4.13. The Morgan fingerprint density at radius 3 is 2.68 bits per heavy atom. The van der Waals surface area contributed by atoms with E-state index in [1.165, 1.54) is 10.4 Å². The minimum Gasteiger partial charge on any atom is -0.349 e. The van der Waals surface area contributed by atoms with Crippen molar-refractivity contribution in [3.63, 3.8) is 0 Å². The standard InChI is InChI=1S/C16H19NOS/c1-11-6-7-14(9-12(11)2)16(18)17-13(3)10-15-5-4-8-19-15/h4-9,13H,10H2,1-3H3,(H,17,18). The first-order valence-electron chi connectivity index (χ1n) is 6.47. The summed E-state index contributed by atoms with van der Waals surface area (Å²) in [6, 6.07) is 10.1. The number of benzene rings is 1. The molecule has 0 aliphatic heterocycles. The predicted molar refractivity (Wildman–Crippen MR) is 80.9 cm³/mol. The monoisotopic (exact) mass is 273 g/mol. The van der Waals surface area contributed by atoms with Crippen molar-refractivity contribution < 1.29 is 4.79 Å². The van der Waals surface area contributed by atoms with Crippen LogP contribution in [0.2, 0.25) is 0 Å². The molecule has 2 rings (SSSR count). The minimum atomic E-state index is 0.00663. The normalized spacial score (nSPS) is 12.2. The van der Waals surface area contributed by atoms with Crippen molar-refractivity contribution in [3.05, 3.63) is 57.3 Å². The molecule has 0 aliphatic rings. The van der Waals surface area contributed by atoms with Gasteiger partial charge in [0.05, 0.1) is 0 Å². The highest BCUT2D eigenvalue weighted by Crippen LogP contribution is 2.12. The van der Waals surface area contributed by atoms with Crippen LogP contribution in [-0.2, 0) is 6.42 Å². The average molecular weight is 273 g/mol. The molecule has 0 saturated carbocycles. The summed E-state index contributed by atoms with van der Waals surface area (Å²) in [5.41, 5.74) is 3.10. The van der Waals surface area contributed by atoms with Gasteiger partial charge in [0.1, 0.15) is 0 Å². The number of carbonyl (C=O) groups excluding carboxylic acids is 1. The second kappa shape index (κ2) is 6.02. The maximum absolute atomic E-state index is 12.1. The van der Waals surface area contributed by atoms with Gasteiger partial charge in [-0.25, -0.2) is 0 Å². The first kappa shape index (κ1) is 13.8. The highest BCUT2D eigenvalue weighted by molar-refractivity contribution is 7.09. The number of nitrogens with one attached hydrogen (secondary N) is 1. The van der Waals surface area contributed by atoms with Crippen molar-refractivity contribution in [1.82, 2.24) is 5.32 Å². The lowest BCUT2D eigenvalue weighted by atomic mass is 10.1. The molecular weight excluding hydrogens is 254 g/mol. The summed E-state index contributed by atoms with van der Waals surface area (Å²) < 4.78 is 0. The number of aryl methyl sites for hydroxylation is 2. The molecule has 0 spiro atoms. The predicted octanol–water partition coefficient (Wildman–Crippen LogP) is 3.73. The van der Waals surface area contributed by atoms with Gasteiger partial charge in [-0.2, -0.15) is 0 Å². The van der Waals surface area contributed by atoms with Gasteiger partial charge >= 0.3 is 0 Å². The molecule has 19 heavy (non-hydrogen) atoms. The van der Waals surface area contributed by atoms with E-state index in [1.807, 2.05) is 38.1 Å². The lowest BCUT2D eigenvalue weighted by Gasteiger charge is -2.13. The highest BCUT2D eigenvalue weighted by Gasteiger charge is 2.11. The van der Waals surface area contributed by atoms with Crippen LogP contribution in [0.5, 0.6) is 0 Å². The molecule has 1 heterocycles. The topological polar surface area (TPSA) is 29.1 Å². The summed E-state index contributed by atoms with van der Waals surface area (Å²) in [5, 5.41) is 5.11. The van der Waals surface area contributed by atoms with Gasteiger partial charge < -0.3 is 5.32 Å². The minimum absolute atomic E-state index is 0.00663. The van der Waals surface area contributed by atoms with E-state index in [0.29, 0.717) is 0 Å². The number of hydrogen-bond donors (Lipinski definition) is 1. The Kier molecular flexibility index (Phi) is 4.38. The van der Waals surface area contributed by atoms with E-state index in [1.54, 1.807) is 11.3 Å². The van der Waals surface area contributed by atoms with Crippen LogP contribution in [0.1, 0.15) is 33.3 Å². The molecule has 0 radical (unpaired) electrons. The van der Waals surface area contributed by atoms with Gasteiger partial charge in [-0.05, 0) is 55.5 Å². The van der Waals surface area contributed by atoms with Gasteiger partial charge in [0.2, 0.25) is 0 Å². The van der Waals surface area contributed by atoms with Crippen LogP contribution >= 0.6 is 11.3 Å². The van der Waals surface area contributed by atoms with Gasteiger partial charge in [0, 0.05) is 22.9 Å². The van der Waals surface area contributed by atoms with E-state index in [-0.39, 0.29) is 11.9 Å². The molecule has 1 aromatic heterocycles. The van der Waals surface area contributed by atoms with Crippen LogP contribution in [0.3, 0.4) is 0 Å². The summed E-state index contributed by atoms with van der Waals surface area (Å²) in [6.45, 7) is 6.12. The van der Waals surface area contributed by atoms with Crippen molar-refractivity contribution in [1.29, 1.82) is 0 Å². The molecule has 2 aromatic rings. The van der Waals surface area contributed by atoms with E-state index in [4.69, 9.17) is 0 Å². The molecule has 0 aliphatic carbocycles. The van der Waals surface area contributed by atoms with Crippen molar-refractivity contribution in [3.8, 4) is 0 Å². The van der Waals surface area contributed by atoms with Crippen LogP contribution in [0, 0.1) is 13.8 Å². The molecule has 100 valence electrons. The Bertz CT molecular complexity index is 560. The van der Waals surface area contributed by atoms with E-state index in [2.05, 4.69) is 23.7 Å². The molecule has 2 nitrogen and oxygen atoms in total. The van der Waals surface area contributed by atoms with Gasteiger partial charge in [-0.1, -0.05) is 12.1 Å². The fourth-order valence-corrected chi connectivity index (χ4v) is 2.81. The van der Waals surface area contributed by atoms with Crippen LogP contribution in [0.4, 0.5) is 0 Å². The lowest BCUT2D eigenvalue weighted by Crippen LogP contribution is -2.33. The van der Waals surface area contributed by atoms with Crippen LogP contribution in [0.25, 0.3) is 0 Å². The van der Waals surface area contributed by atoms with E-state index in [9.17, 15) is 4.79 Å². The Morgan fingerprint density at radius 1 is 1.26 bits per heavy atom. The van der Waals surface area contributed by atoms with Crippen LogP contribution < -0.4 is 5.32 Å². The molecule has 3 heteroatoms. The summed E-state index contributed by atoms with van der Waals surface area (Å²) in [7, 11) is 0. The molecule has 1 unspecified atom stereocenters. The second-order valence-electron chi connectivity index (χ2n) is 4.96. The van der Waals surface area contributed by atoms with Gasteiger partial charge in [0.15, 0.2) is 0 Å². The van der Waals surface area contributed by atoms with E-state index < -0.39 is 0 Å². The average Bonchev–Trinajstić information content (AvgIpc) is 2.85. The van der Waals surface area contributed by atoms with Crippen molar-refractivity contribution in [2.75, 3.05) is 0 Å². The zero-order chi connectivity index (χ0) is 13.8. The largest absolute Gasteiger partial charge is 0.349 e. The van der Waals surface area contributed by atoms with Crippen molar-refractivity contribution in [2.45, 2.75) is 33.2 Å². The van der Waals surface area contributed by atoms with E-state index in [0.717, 1.165) is 17.5 Å². The first-order valence-corrected chi connectivity index (χ1v) is 7.34. The number of carbonyl (C=O) groups is 1. The number of rotatable bonds is 4. The molecule has 1 amide bonds. The van der Waals surface area contributed by atoms with Crippen LogP contribution in [-0.4, -0.2) is 11.9 Å². The molecule has 1 N–H and O–H groups in total. The molecule has 0 fully saturated rings. The summed E-state index contributed by atoms with van der Waals surface area (Å²) in [4.78, 5) is 13.4. The Labute approximate surface area is 118 Å². The van der Waals surface area contributed by atoms with Gasteiger partial charge in [-0.3, -0.25) is 4.79 Å². The quantitative estimate of drug-likeness (QED) is 0.903. The first-order chi connectivity index (χ1) is 9.06.